The van der Waals surface area contributed by atoms with Gasteiger partial charge in [0.2, 0.25) is 0 Å². The van der Waals surface area contributed by atoms with E-state index < -0.39 is 55.2 Å². The number of pyridine rings is 1. The third kappa shape index (κ3) is 4.25. The second kappa shape index (κ2) is 7.60. The summed E-state index contributed by atoms with van der Waals surface area (Å²) in [5.41, 5.74) is -1.21. The van der Waals surface area contributed by atoms with Gasteiger partial charge in [-0.25, -0.2) is 17.2 Å². The average molecular weight is 496 g/mol. The number of benzene rings is 1. The maximum absolute atomic E-state index is 13.7. The van der Waals surface area contributed by atoms with Gasteiger partial charge in [-0.15, -0.1) is 0 Å². The number of hydrogen-bond donors (Lipinski definition) is 0. The van der Waals surface area contributed by atoms with Crippen molar-refractivity contribution in [1.29, 1.82) is 0 Å². The molecule has 3 rings (SSSR count). The lowest BCUT2D eigenvalue weighted by Crippen LogP contribution is -2.32. The number of nitrogens with zero attached hydrogens (tertiary/aromatic N) is 1. The van der Waals surface area contributed by atoms with E-state index >= 15 is 0 Å². The molecule has 4 nitrogen and oxygen atoms in total. The van der Waals surface area contributed by atoms with E-state index in [0.29, 0.717) is 12.3 Å². The number of hydrogen-bond acceptors (Lipinski definition) is 4. The van der Waals surface area contributed by atoms with Gasteiger partial charge < -0.3 is 0 Å². The number of halogens is 6. The highest BCUT2D eigenvalue weighted by molar-refractivity contribution is 9.10. The van der Waals surface area contributed by atoms with Crippen LogP contribution in [-0.2, 0) is 20.8 Å². The van der Waals surface area contributed by atoms with E-state index in [-0.39, 0.29) is 16.5 Å². The van der Waals surface area contributed by atoms with Gasteiger partial charge in [-0.2, -0.15) is 13.2 Å². The van der Waals surface area contributed by atoms with Gasteiger partial charge in [0, 0.05) is 23.0 Å². The molecule has 0 radical (unpaired) electrons. The molecule has 1 aliphatic carbocycles. The Morgan fingerprint density at radius 2 is 1.76 bits per heavy atom. The van der Waals surface area contributed by atoms with E-state index in [0.717, 1.165) is 30.4 Å². The van der Waals surface area contributed by atoms with E-state index in [2.05, 4.69) is 20.9 Å². The molecule has 1 aliphatic rings. The van der Waals surface area contributed by atoms with Crippen molar-refractivity contribution in [2.24, 2.45) is 0 Å². The fourth-order valence-corrected chi connectivity index (χ4v) is 5.38. The summed E-state index contributed by atoms with van der Waals surface area (Å²) in [4.78, 5) is 14.5. The van der Waals surface area contributed by atoms with Crippen LogP contribution in [0, 0.1) is 11.6 Å². The molecule has 1 aromatic carbocycles. The number of sulfone groups is 1. The minimum atomic E-state index is -4.74. The minimum Gasteiger partial charge on any atom is -0.295 e. The van der Waals surface area contributed by atoms with Gasteiger partial charge in [-0.3, -0.25) is 9.78 Å². The second-order valence-corrected chi connectivity index (χ2v) is 9.27. The van der Waals surface area contributed by atoms with Crippen molar-refractivity contribution >= 4 is 31.6 Å². The van der Waals surface area contributed by atoms with Gasteiger partial charge in [0.05, 0.1) is 10.1 Å². The SMILES string of the molecule is O=C1C=CC(S(=O)(=O)c2ccc(C(F)(F)F)nc2)C(c2cc(F)c(F)cc2Br)C1. The van der Waals surface area contributed by atoms with Gasteiger partial charge in [-0.05, 0) is 35.9 Å². The summed E-state index contributed by atoms with van der Waals surface area (Å²) in [5.74, 6) is -3.89. The van der Waals surface area contributed by atoms with Crippen molar-refractivity contribution in [3.63, 3.8) is 0 Å². The lowest BCUT2D eigenvalue weighted by Gasteiger charge is -2.28. The highest BCUT2D eigenvalue weighted by atomic mass is 79.9. The van der Waals surface area contributed by atoms with Crippen molar-refractivity contribution in [3.8, 4) is 0 Å². The third-order valence-corrected chi connectivity index (χ3v) is 7.23. The normalized spacial score (nSPS) is 20.1. The van der Waals surface area contributed by atoms with Gasteiger partial charge in [-0.1, -0.05) is 22.0 Å². The van der Waals surface area contributed by atoms with E-state index in [4.69, 9.17) is 0 Å². The summed E-state index contributed by atoms with van der Waals surface area (Å²) < 4.78 is 91.4. The van der Waals surface area contributed by atoms with Gasteiger partial charge in [0.25, 0.3) is 0 Å². The van der Waals surface area contributed by atoms with Crippen LogP contribution in [0.4, 0.5) is 22.0 Å². The first kappa shape index (κ1) is 21.6. The Bertz CT molecular complexity index is 1100. The van der Waals surface area contributed by atoms with E-state index in [1.54, 1.807) is 0 Å². The molecule has 154 valence electrons. The molecule has 0 bridgehead atoms. The maximum Gasteiger partial charge on any atom is 0.433 e. The van der Waals surface area contributed by atoms with Crippen molar-refractivity contribution in [2.45, 2.75) is 28.7 Å². The van der Waals surface area contributed by atoms with E-state index in [9.17, 15) is 35.2 Å². The number of rotatable bonds is 3. The molecule has 0 N–H and O–H groups in total. The molecule has 0 saturated carbocycles. The molecule has 0 spiro atoms. The number of ketones is 1. The zero-order valence-electron chi connectivity index (χ0n) is 14.3. The first-order valence-corrected chi connectivity index (χ1v) is 10.4. The lowest BCUT2D eigenvalue weighted by atomic mass is 9.86. The number of carbonyl (C=O) groups excluding carboxylic acids is 1. The number of allylic oxidation sites excluding steroid dienone is 1. The van der Waals surface area contributed by atoms with Gasteiger partial charge >= 0.3 is 6.18 Å². The summed E-state index contributed by atoms with van der Waals surface area (Å²) in [6.45, 7) is 0. The highest BCUT2D eigenvalue weighted by Gasteiger charge is 2.39. The number of carbonyl (C=O) groups is 1. The van der Waals surface area contributed by atoms with Crippen molar-refractivity contribution < 1.29 is 35.2 Å². The molecule has 2 unspecified atom stereocenters. The summed E-state index contributed by atoms with van der Waals surface area (Å²) in [6, 6.07) is 2.92. The molecule has 0 aliphatic heterocycles. The standard InChI is InChI=1S/C18H11BrF5NO3S/c19-13-7-15(21)14(20)6-11(13)12-5-9(26)1-3-16(12)29(27,28)10-2-4-17(25-8-10)18(22,23)24/h1-4,6-8,12,16H,5H2. The average Bonchev–Trinajstić information content (AvgIpc) is 2.64. The number of alkyl halides is 3. The van der Waals surface area contributed by atoms with Gasteiger partial charge in [0.1, 0.15) is 5.69 Å². The molecule has 2 aromatic rings. The zero-order valence-corrected chi connectivity index (χ0v) is 16.7. The molecule has 0 saturated heterocycles. The Morgan fingerprint density at radius 1 is 1.10 bits per heavy atom. The molecule has 1 heterocycles. The van der Waals surface area contributed by atoms with Crippen LogP contribution in [0.2, 0.25) is 0 Å². The predicted octanol–water partition coefficient (Wildman–Crippen LogP) is 4.60. The second-order valence-electron chi connectivity index (χ2n) is 6.31. The fraction of sp³-hybridized carbons (Fsp3) is 0.222. The first-order chi connectivity index (χ1) is 13.4. The Balaban J connectivity index is 2.07. The third-order valence-electron chi connectivity index (χ3n) is 4.44. The maximum atomic E-state index is 13.7. The van der Waals surface area contributed by atoms with Crippen LogP contribution in [0.15, 0.2) is 52.0 Å². The molecule has 29 heavy (non-hydrogen) atoms. The number of aromatic nitrogens is 1. The first-order valence-electron chi connectivity index (χ1n) is 8.04. The molecule has 0 fully saturated rings. The Kier molecular flexibility index (Phi) is 5.65. The summed E-state index contributed by atoms with van der Waals surface area (Å²) in [5, 5.41) is -1.39. The smallest absolute Gasteiger partial charge is 0.295 e. The van der Waals surface area contributed by atoms with Gasteiger partial charge in [0.15, 0.2) is 27.3 Å². The molecule has 1 aromatic heterocycles. The van der Waals surface area contributed by atoms with Crippen LogP contribution in [0.25, 0.3) is 0 Å². The van der Waals surface area contributed by atoms with E-state index in [1.807, 2.05) is 0 Å². The van der Waals surface area contributed by atoms with Crippen LogP contribution in [0.5, 0.6) is 0 Å². The van der Waals surface area contributed by atoms with Crippen LogP contribution in [0.3, 0.4) is 0 Å². The summed E-state index contributed by atoms with van der Waals surface area (Å²) in [7, 11) is -4.29. The largest absolute Gasteiger partial charge is 0.433 e. The molecule has 11 heteroatoms. The molecular weight excluding hydrogens is 485 g/mol. The van der Waals surface area contributed by atoms with Crippen molar-refractivity contribution in [2.75, 3.05) is 0 Å². The summed E-state index contributed by atoms with van der Waals surface area (Å²) in [6.07, 6.45) is -2.32. The van der Waals surface area contributed by atoms with Crippen molar-refractivity contribution in [1.82, 2.24) is 4.98 Å². The monoisotopic (exact) mass is 495 g/mol. The van der Waals surface area contributed by atoms with Crippen LogP contribution in [-0.4, -0.2) is 24.4 Å². The van der Waals surface area contributed by atoms with E-state index in [1.165, 1.54) is 0 Å². The van der Waals surface area contributed by atoms with Crippen molar-refractivity contribution in [3.05, 3.63) is 70.0 Å². The molecular formula is C18H11BrF5NO3S. The Labute approximate surface area is 170 Å². The Morgan fingerprint density at radius 3 is 2.34 bits per heavy atom. The minimum absolute atomic E-state index is 0.0510. The topological polar surface area (TPSA) is 64.1 Å². The Hall–Kier alpha value is -2.14. The van der Waals surface area contributed by atoms with Crippen LogP contribution >= 0.6 is 15.9 Å². The van der Waals surface area contributed by atoms with Crippen LogP contribution in [0.1, 0.15) is 23.6 Å². The van der Waals surface area contributed by atoms with Crippen LogP contribution < -0.4 is 0 Å². The predicted molar refractivity (Wildman–Crippen MR) is 95.8 cm³/mol. The molecule has 2 atom stereocenters. The molecule has 0 amide bonds. The fourth-order valence-electron chi connectivity index (χ4n) is 3.04. The quantitative estimate of drug-likeness (QED) is 0.461. The summed E-state index contributed by atoms with van der Waals surface area (Å²) >= 11 is 3.04. The highest BCUT2D eigenvalue weighted by Crippen LogP contribution is 2.39. The zero-order chi connectivity index (χ0) is 21.6. The lowest BCUT2D eigenvalue weighted by molar-refractivity contribution is -0.141.